The number of anilines is 1. The summed E-state index contributed by atoms with van der Waals surface area (Å²) < 4.78 is 24.9. The van der Waals surface area contributed by atoms with Crippen molar-refractivity contribution >= 4 is 16.8 Å². The highest BCUT2D eigenvalue weighted by Gasteiger charge is 2.25. The van der Waals surface area contributed by atoms with Gasteiger partial charge in [-0.25, -0.2) is 0 Å². The summed E-state index contributed by atoms with van der Waals surface area (Å²) in [4.78, 5) is 2.28. The van der Waals surface area contributed by atoms with E-state index in [0.717, 1.165) is 67.9 Å². The highest BCUT2D eigenvalue weighted by atomic mass is 19.1. The van der Waals surface area contributed by atoms with Gasteiger partial charge in [0.05, 0.1) is 13.3 Å². The van der Waals surface area contributed by atoms with Crippen molar-refractivity contribution in [3.05, 3.63) is 82.9 Å². The Bertz CT molecular complexity index is 1300. The first-order valence-corrected chi connectivity index (χ1v) is 13.3. The van der Waals surface area contributed by atoms with Gasteiger partial charge in [0.25, 0.3) is 0 Å². The van der Waals surface area contributed by atoms with Gasteiger partial charge in [-0.05, 0) is 77.4 Å². The molecule has 1 fully saturated rings. The fraction of sp³-hybridized carbons (Fsp3) is 0.355. The molecule has 6 heteroatoms. The molecule has 1 saturated heterocycles. The van der Waals surface area contributed by atoms with E-state index in [0.29, 0.717) is 18.8 Å². The van der Waals surface area contributed by atoms with E-state index < -0.39 is 0 Å². The van der Waals surface area contributed by atoms with Crippen molar-refractivity contribution in [1.29, 1.82) is 0 Å². The average Bonchev–Trinajstić information content (AvgIpc) is 3.53. The monoisotopic (exact) mass is 500 g/mol. The minimum absolute atomic E-state index is 0.133. The third-order valence-corrected chi connectivity index (χ3v) is 7.60. The maximum Gasteiger partial charge on any atom is 0.130 e. The molecular weight excluding hydrogens is 467 g/mol. The van der Waals surface area contributed by atoms with Crippen LogP contribution in [0.1, 0.15) is 41.5 Å². The lowest BCUT2D eigenvalue weighted by molar-refractivity contribution is 0.198. The molecule has 6 rings (SSSR count). The second-order valence-corrected chi connectivity index (χ2v) is 10.1. The largest absolute Gasteiger partial charge is 0.508 e. The van der Waals surface area contributed by atoms with E-state index in [1.54, 1.807) is 12.1 Å². The summed E-state index contributed by atoms with van der Waals surface area (Å²) in [5, 5.41) is 13.6. The van der Waals surface area contributed by atoms with Gasteiger partial charge < -0.3 is 19.9 Å². The van der Waals surface area contributed by atoms with Crippen molar-refractivity contribution in [2.75, 3.05) is 44.8 Å². The standard InChI is InChI=1S/C31H33FN2O3/c32-13-1-15-34-16-11-26(20-34)37-25-7-4-22(5-8-25)31-27(23-3-2-21-10-14-33-29(21)18-23)12-17-36-30-19-24(35)6-9-28(30)31/h2-9,18-19,26,33,35H,1,10-17,20H2/t26-/m0/s1. The van der Waals surface area contributed by atoms with Gasteiger partial charge in [0.1, 0.15) is 23.4 Å². The zero-order valence-electron chi connectivity index (χ0n) is 21.0. The van der Waals surface area contributed by atoms with Gasteiger partial charge in [0.15, 0.2) is 0 Å². The van der Waals surface area contributed by atoms with E-state index in [2.05, 4.69) is 40.5 Å². The quantitative estimate of drug-likeness (QED) is 0.422. The Balaban J connectivity index is 1.33. The van der Waals surface area contributed by atoms with Crippen LogP contribution in [0, 0.1) is 0 Å². The van der Waals surface area contributed by atoms with Crippen LogP contribution in [0.4, 0.5) is 10.1 Å². The number of alkyl halides is 1. The molecule has 2 N–H and O–H groups in total. The number of phenols is 1. The van der Waals surface area contributed by atoms with Crippen molar-refractivity contribution in [2.45, 2.75) is 31.8 Å². The third-order valence-electron chi connectivity index (χ3n) is 7.60. The molecule has 3 aliphatic heterocycles. The van der Waals surface area contributed by atoms with Crippen LogP contribution in [0.3, 0.4) is 0 Å². The molecule has 0 bridgehead atoms. The number of halogens is 1. The van der Waals surface area contributed by atoms with Gasteiger partial charge in [0, 0.05) is 49.9 Å². The Labute approximate surface area is 217 Å². The van der Waals surface area contributed by atoms with Gasteiger partial charge in [-0.3, -0.25) is 9.29 Å². The molecule has 0 unspecified atom stereocenters. The van der Waals surface area contributed by atoms with Gasteiger partial charge in [0.2, 0.25) is 0 Å². The van der Waals surface area contributed by atoms with Crippen LogP contribution in [-0.2, 0) is 6.42 Å². The van der Waals surface area contributed by atoms with Crippen LogP contribution in [0.5, 0.6) is 17.2 Å². The number of rotatable bonds is 7. The smallest absolute Gasteiger partial charge is 0.130 e. The molecule has 3 aromatic carbocycles. The number of fused-ring (bicyclic) bond motifs is 2. The second-order valence-electron chi connectivity index (χ2n) is 10.1. The Morgan fingerprint density at radius 3 is 2.76 bits per heavy atom. The molecule has 3 aliphatic rings. The summed E-state index contributed by atoms with van der Waals surface area (Å²) >= 11 is 0. The number of likely N-dealkylation sites (tertiary alicyclic amines) is 1. The van der Waals surface area contributed by atoms with E-state index >= 15 is 0 Å². The first-order chi connectivity index (χ1) is 18.2. The summed E-state index contributed by atoms with van der Waals surface area (Å²) in [5.41, 5.74) is 8.17. The molecular formula is C31H33FN2O3. The molecule has 3 heterocycles. The molecule has 5 nitrogen and oxygen atoms in total. The molecule has 0 saturated carbocycles. The van der Waals surface area contributed by atoms with Crippen LogP contribution in [-0.4, -0.2) is 55.6 Å². The lowest BCUT2D eigenvalue weighted by atomic mass is 9.87. The van der Waals surface area contributed by atoms with E-state index in [4.69, 9.17) is 9.47 Å². The minimum Gasteiger partial charge on any atom is -0.508 e. The molecule has 37 heavy (non-hydrogen) atoms. The molecule has 192 valence electrons. The molecule has 0 aliphatic carbocycles. The topological polar surface area (TPSA) is 54.0 Å². The van der Waals surface area contributed by atoms with Crippen LogP contribution in [0.25, 0.3) is 11.1 Å². The number of aromatic hydroxyl groups is 1. The van der Waals surface area contributed by atoms with Crippen LogP contribution in [0.2, 0.25) is 0 Å². The fourth-order valence-corrected chi connectivity index (χ4v) is 5.76. The van der Waals surface area contributed by atoms with Gasteiger partial charge >= 0.3 is 0 Å². The highest BCUT2D eigenvalue weighted by Crippen LogP contribution is 2.43. The lowest BCUT2D eigenvalue weighted by Crippen LogP contribution is -2.26. The van der Waals surface area contributed by atoms with E-state index in [1.165, 1.54) is 22.4 Å². The van der Waals surface area contributed by atoms with Crippen molar-refractivity contribution in [3.8, 4) is 17.2 Å². The zero-order valence-corrected chi connectivity index (χ0v) is 21.0. The predicted molar refractivity (Wildman–Crippen MR) is 145 cm³/mol. The maximum atomic E-state index is 12.5. The highest BCUT2D eigenvalue weighted by molar-refractivity contribution is 6.01. The molecule has 0 radical (unpaired) electrons. The molecule has 1 atom stereocenters. The van der Waals surface area contributed by atoms with Crippen molar-refractivity contribution in [1.82, 2.24) is 4.90 Å². The summed E-state index contributed by atoms with van der Waals surface area (Å²) in [7, 11) is 0. The first kappa shape index (κ1) is 23.9. The number of benzene rings is 3. The van der Waals surface area contributed by atoms with Gasteiger partial charge in [-0.1, -0.05) is 24.3 Å². The third kappa shape index (κ3) is 5.03. The molecule has 0 amide bonds. The number of hydrogen-bond acceptors (Lipinski definition) is 5. The summed E-state index contributed by atoms with van der Waals surface area (Å²) in [6.45, 7) is 3.85. The van der Waals surface area contributed by atoms with Crippen LogP contribution < -0.4 is 14.8 Å². The maximum absolute atomic E-state index is 12.5. The van der Waals surface area contributed by atoms with Crippen LogP contribution in [0.15, 0.2) is 60.7 Å². The summed E-state index contributed by atoms with van der Waals surface area (Å²) in [6, 6.07) is 20.4. The van der Waals surface area contributed by atoms with Gasteiger partial charge in [-0.2, -0.15) is 0 Å². The van der Waals surface area contributed by atoms with Crippen molar-refractivity contribution in [2.24, 2.45) is 0 Å². The molecule has 0 aromatic heterocycles. The summed E-state index contributed by atoms with van der Waals surface area (Å²) in [5.74, 6) is 1.74. The number of phenolic OH excluding ortho intramolecular Hbond substituents is 1. The Kier molecular flexibility index (Phi) is 6.75. The van der Waals surface area contributed by atoms with Gasteiger partial charge in [-0.15, -0.1) is 0 Å². The molecule has 0 spiro atoms. The number of ether oxygens (including phenoxy) is 2. The lowest BCUT2D eigenvalue weighted by Gasteiger charge is -2.18. The zero-order chi connectivity index (χ0) is 25.2. The number of nitrogens with zero attached hydrogens (tertiary/aromatic N) is 1. The van der Waals surface area contributed by atoms with Crippen molar-refractivity contribution in [3.63, 3.8) is 0 Å². The normalized spacial score (nSPS) is 19.1. The number of nitrogens with one attached hydrogen (secondary N) is 1. The number of hydrogen-bond donors (Lipinski definition) is 2. The summed E-state index contributed by atoms with van der Waals surface area (Å²) in [6.07, 6.45) is 3.50. The van der Waals surface area contributed by atoms with E-state index in [-0.39, 0.29) is 18.5 Å². The predicted octanol–water partition coefficient (Wildman–Crippen LogP) is 5.91. The Hall–Kier alpha value is -3.51. The molecule has 3 aromatic rings. The minimum atomic E-state index is -0.267. The Morgan fingerprint density at radius 2 is 1.89 bits per heavy atom. The SMILES string of the molecule is Oc1ccc2c(c1)OCCC(c1ccc3c(c1)NCC3)=C2c1ccc(O[C@H]2CCN(CCCF)C2)cc1. The van der Waals surface area contributed by atoms with E-state index in [9.17, 15) is 9.50 Å². The van der Waals surface area contributed by atoms with Crippen molar-refractivity contribution < 1.29 is 19.0 Å². The first-order valence-electron chi connectivity index (χ1n) is 13.3. The average molecular weight is 501 g/mol. The second kappa shape index (κ2) is 10.5. The fourth-order valence-electron chi connectivity index (χ4n) is 5.76. The Morgan fingerprint density at radius 1 is 1.03 bits per heavy atom. The van der Waals surface area contributed by atoms with E-state index in [1.807, 2.05) is 18.2 Å². The van der Waals surface area contributed by atoms with Crippen LogP contribution >= 0.6 is 0 Å².